The SMILES string of the molecule is CC(C)(C)OC(=O)N1C2CCC1C(O)(CO)C2. The molecule has 2 fully saturated rings. The first-order chi connectivity index (χ1) is 7.77. The van der Waals surface area contributed by atoms with Gasteiger partial charge in [0.15, 0.2) is 0 Å². The fourth-order valence-electron chi connectivity index (χ4n) is 2.92. The van der Waals surface area contributed by atoms with Gasteiger partial charge in [-0.1, -0.05) is 0 Å². The summed E-state index contributed by atoms with van der Waals surface area (Å²) in [6.07, 6.45) is 1.69. The van der Waals surface area contributed by atoms with Gasteiger partial charge in [-0.3, -0.25) is 4.90 Å². The summed E-state index contributed by atoms with van der Waals surface area (Å²) in [4.78, 5) is 13.6. The Labute approximate surface area is 101 Å². The van der Waals surface area contributed by atoms with Gasteiger partial charge in [0.05, 0.1) is 12.6 Å². The van der Waals surface area contributed by atoms with Crippen molar-refractivity contribution in [2.75, 3.05) is 6.61 Å². The van der Waals surface area contributed by atoms with Gasteiger partial charge in [0.1, 0.15) is 11.2 Å². The van der Waals surface area contributed by atoms with Crippen LogP contribution in [0, 0.1) is 0 Å². The lowest BCUT2D eigenvalue weighted by Gasteiger charge is -2.31. The number of aliphatic hydroxyl groups is 2. The molecular formula is C12H21NO4. The number of hydrogen-bond donors (Lipinski definition) is 2. The van der Waals surface area contributed by atoms with Crippen LogP contribution in [0.4, 0.5) is 4.79 Å². The molecule has 5 nitrogen and oxygen atoms in total. The molecule has 1 amide bonds. The van der Waals surface area contributed by atoms with Crippen molar-refractivity contribution in [3.63, 3.8) is 0 Å². The highest BCUT2D eigenvalue weighted by molar-refractivity contribution is 5.70. The second kappa shape index (κ2) is 3.85. The van der Waals surface area contributed by atoms with Crippen LogP contribution in [0.25, 0.3) is 0 Å². The molecular weight excluding hydrogens is 222 g/mol. The molecule has 0 aliphatic carbocycles. The summed E-state index contributed by atoms with van der Waals surface area (Å²) in [6, 6.07) is -0.292. The van der Waals surface area contributed by atoms with E-state index in [1.165, 1.54) is 0 Å². The van der Waals surface area contributed by atoms with Gasteiger partial charge in [0.2, 0.25) is 0 Å². The zero-order valence-electron chi connectivity index (χ0n) is 10.6. The second-order valence-corrected chi connectivity index (χ2v) is 6.10. The molecule has 2 aliphatic rings. The third-order valence-corrected chi connectivity index (χ3v) is 3.59. The third-order valence-electron chi connectivity index (χ3n) is 3.59. The summed E-state index contributed by atoms with van der Waals surface area (Å²) in [6.45, 7) is 5.16. The molecule has 2 N–H and O–H groups in total. The highest BCUT2D eigenvalue weighted by Crippen LogP contribution is 2.44. The molecule has 3 atom stereocenters. The standard InChI is InChI=1S/C12H21NO4/c1-11(2,3)17-10(15)13-8-4-5-9(13)12(16,6-8)7-14/h8-9,14,16H,4-7H2,1-3H3. The first-order valence-electron chi connectivity index (χ1n) is 6.11. The maximum absolute atomic E-state index is 12.0. The summed E-state index contributed by atoms with van der Waals surface area (Å²) in [5, 5.41) is 19.5. The summed E-state index contributed by atoms with van der Waals surface area (Å²) < 4.78 is 5.33. The van der Waals surface area contributed by atoms with E-state index in [2.05, 4.69) is 0 Å². The topological polar surface area (TPSA) is 70.0 Å². The van der Waals surface area contributed by atoms with Gasteiger partial charge in [-0.15, -0.1) is 0 Å². The smallest absolute Gasteiger partial charge is 0.410 e. The predicted molar refractivity (Wildman–Crippen MR) is 61.5 cm³/mol. The lowest BCUT2D eigenvalue weighted by molar-refractivity contribution is -0.0464. The van der Waals surface area contributed by atoms with E-state index in [9.17, 15) is 15.0 Å². The van der Waals surface area contributed by atoms with Crippen LogP contribution in [0.1, 0.15) is 40.0 Å². The molecule has 0 aromatic heterocycles. The van der Waals surface area contributed by atoms with Gasteiger partial charge in [0.25, 0.3) is 0 Å². The Balaban J connectivity index is 2.11. The van der Waals surface area contributed by atoms with Crippen LogP contribution in [-0.4, -0.2) is 51.1 Å². The number of fused-ring (bicyclic) bond motifs is 2. The predicted octanol–water partition coefficient (Wildman–Crippen LogP) is 0.882. The Bertz CT molecular complexity index is 325. The molecule has 2 heterocycles. The normalized spacial score (nSPS) is 36.4. The van der Waals surface area contributed by atoms with E-state index in [4.69, 9.17) is 4.74 Å². The maximum atomic E-state index is 12.0. The average molecular weight is 243 g/mol. The van der Waals surface area contributed by atoms with Crippen LogP contribution in [0.15, 0.2) is 0 Å². The van der Waals surface area contributed by atoms with Crippen molar-refractivity contribution in [1.82, 2.24) is 4.90 Å². The lowest BCUT2D eigenvalue weighted by atomic mass is 9.85. The number of carbonyl (C=O) groups is 1. The molecule has 0 aromatic carbocycles. The fourth-order valence-corrected chi connectivity index (χ4v) is 2.92. The molecule has 0 radical (unpaired) electrons. The number of hydrogen-bond acceptors (Lipinski definition) is 4. The molecule has 2 rings (SSSR count). The molecule has 2 bridgehead atoms. The Morgan fingerprint density at radius 1 is 1.47 bits per heavy atom. The molecule has 0 saturated carbocycles. The molecule has 2 saturated heterocycles. The minimum absolute atomic E-state index is 0.00648. The fraction of sp³-hybridized carbons (Fsp3) is 0.917. The average Bonchev–Trinajstić information content (AvgIpc) is 2.70. The summed E-state index contributed by atoms with van der Waals surface area (Å²) in [7, 11) is 0. The lowest BCUT2D eigenvalue weighted by Crippen LogP contribution is -2.48. The van der Waals surface area contributed by atoms with Gasteiger partial charge in [-0.05, 0) is 33.6 Å². The Morgan fingerprint density at radius 3 is 2.59 bits per heavy atom. The van der Waals surface area contributed by atoms with Gasteiger partial charge < -0.3 is 14.9 Å². The zero-order chi connectivity index (χ0) is 12.8. The molecule has 3 unspecified atom stereocenters. The van der Waals surface area contributed by atoms with Gasteiger partial charge in [0, 0.05) is 12.5 Å². The van der Waals surface area contributed by atoms with Crippen molar-refractivity contribution in [1.29, 1.82) is 0 Å². The van der Waals surface area contributed by atoms with E-state index in [1.54, 1.807) is 4.90 Å². The van der Waals surface area contributed by atoms with Gasteiger partial charge >= 0.3 is 6.09 Å². The first-order valence-corrected chi connectivity index (χ1v) is 6.11. The quantitative estimate of drug-likeness (QED) is 0.717. The van der Waals surface area contributed by atoms with Crippen LogP contribution >= 0.6 is 0 Å². The van der Waals surface area contributed by atoms with Crippen molar-refractivity contribution < 1.29 is 19.7 Å². The molecule has 98 valence electrons. The molecule has 0 aromatic rings. The van der Waals surface area contributed by atoms with Crippen LogP contribution in [0.3, 0.4) is 0 Å². The van der Waals surface area contributed by atoms with Crippen LogP contribution in [0.2, 0.25) is 0 Å². The minimum Gasteiger partial charge on any atom is -0.444 e. The molecule has 2 aliphatic heterocycles. The van der Waals surface area contributed by atoms with E-state index in [0.717, 1.165) is 12.8 Å². The monoisotopic (exact) mass is 243 g/mol. The highest BCUT2D eigenvalue weighted by atomic mass is 16.6. The molecule has 0 spiro atoms. The van der Waals surface area contributed by atoms with Gasteiger partial charge in [-0.2, -0.15) is 0 Å². The Kier molecular flexibility index (Phi) is 2.86. The van der Waals surface area contributed by atoms with Crippen molar-refractivity contribution in [3.8, 4) is 0 Å². The van der Waals surface area contributed by atoms with E-state index in [-0.39, 0.29) is 24.8 Å². The zero-order valence-corrected chi connectivity index (χ0v) is 10.6. The van der Waals surface area contributed by atoms with Crippen molar-refractivity contribution >= 4 is 6.09 Å². The van der Waals surface area contributed by atoms with E-state index in [0.29, 0.717) is 6.42 Å². The maximum Gasteiger partial charge on any atom is 0.410 e. The molecule has 17 heavy (non-hydrogen) atoms. The second-order valence-electron chi connectivity index (χ2n) is 6.10. The Hall–Kier alpha value is -0.810. The van der Waals surface area contributed by atoms with E-state index >= 15 is 0 Å². The number of nitrogens with zero attached hydrogens (tertiary/aromatic N) is 1. The van der Waals surface area contributed by atoms with Crippen LogP contribution in [-0.2, 0) is 4.74 Å². The van der Waals surface area contributed by atoms with Gasteiger partial charge in [-0.25, -0.2) is 4.79 Å². The number of aliphatic hydroxyl groups excluding tert-OH is 1. The first kappa shape index (κ1) is 12.6. The third kappa shape index (κ3) is 2.13. The molecule has 5 heteroatoms. The number of ether oxygens (including phenoxy) is 1. The van der Waals surface area contributed by atoms with Crippen molar-refractivity contribution in [2.45, 2.75) is 63.3 Å². The van der Waals surface area contributed by atoms with Crippen LogP contribution < -0.4 is 0 Å². The largest absolute Gasteiger partial charge is 0.444 e. The van der Waals surface area contributed by atoms with E-state index in [1.807, 2.05) is 20.8 Å². The van der Waals surface area contributed by atoms with Crippen molar-refractivity contribution in [2.24, 2.45) is 0 Å². The number of rotatable bonds is 1. The number of amides is 1. The summed E-state index contributed by atoms with van der Waals surface area (Å²) in [5.74, 6) is 0. The summed E-state index contributed by atoms with van der Waals surface area (Å²) >= 11 is 0. The van der Waals surface area contributed by atoms with E-state index < -0.39 is 11.2 Å². The van der Waals surface area contributed by atoms with Crippen molar-refractivity contribution in [3.05, 3.63) is 0 Å². The number of carbonyl (C=O) groups excluding carboxylic acids is 1. The Morgan fingerprint density at radius 2 is 2.12 bits per heavy atom. The summed E-state index contributed by atoms with van der Waals surface area (Å²) in [5.41, 5.74) is -1.67. The van der Waals surface area contributed by atoms with Crippen LogP contribution in [0.5, 0.6) is 0 Å². The highest BCUT2D eigenvalue weighted by Gasteiger charge is 2.57. The minimum atomic E-state index is -1.14.